The van der Waals surface area contributed by atoms with Gasteiger partial charge >= 0.3 is 17.9 Å². The molecule has 10 atom stereocenters. The van der Waals surface area contributed by atoms with E-state index in [9.17, 15) is 24.3 Å². The Hall–Kier alpha value is -2.42. The molecule has 1 heterocycles. The molecule has 10 unspecified atom stereocenters. The average molecular weight is 479 g/mol. The van der Waals surface area contributed by atoms with Gasteiger partial charge in [0.1, 0.15) is 17.8 Å². The van der Waals surface area contributed by atoms with Crippen molar-refractivity contribution in [1.82, 2.24) is 0 Å². The summed E-state index contributed by atoms with van der Waals surface area (Å²) in [5, 5.41) is 11.8. The summed E-state index contributed by atoms with van der Waals surface area (Å²) >= 11 is 0. The normalized spacial score (nSPS) is 47.4. The Morgan fingerprint density at radius 2 is 1.74 bits per heavy atom. The Morgan fingerprint density at radius 3 is 2.29 bits per heavy atom. The number of hydrogen-bond donors (Lipinski definition) is 1. The summed E-state index contributed by atoms with van der Waals surface area (Å²) in [6.07, 6.45) is -0.956. The van der Waals surface area contributed by atoms with Gasteiger partial charge < -0.3 is 24.1 Å². The van der Waals surface area contributed by atoms with Crippen molar-refractivity contribution in [3.63, 3.8) is 0 Å². The third kappa shape index (κ3) is 3.15. The first-order valence-corrected chi connectivity index (χ1v) is 11.8. The molecule has 4 aliphatic rings. The van der Waals surface area contributed by atoms with Crippen LogP contribution in [0.4, 0.5) is 0 Å². The maximum absolute atomic E-state index is 13.9. The number of hydrogen-bond acceptors (Lipinski definition) is 9. The number of methoxy groups -OCH3 is 1. The molecule has 9 heteroatoms. The van der Waals surface area contributed by atoms with E-state index in [4.69, 9.17) is 18.9 Å². The quantitative estimate of drug-likeness (QED) is 0.478. The summed E-state index contributed by atoms with van der Waals surface area (Å²) in [6, 6.07) is 0. The lowest BCUT2D eigenvalue weighted by atomic mass is 9.37. The Kier molecular flexibility index (Phi) is 5.66. The number of allylic oxidation sites excluding steroid dienone is 2. The minimum Gasteiger partial charge on any atom is -0.493 e. The Morgan fingerprint density at radius 1 is 1.12 bits per heavy atom. The molecule has 9 nitrogen and oxygen atoms in total. The van der Waals surface area contributed by atoms with Crippen LogP contribution in [0.1, 0.15) is 54.4 Å². The summed E-state index contributed by atoms with van der Waals surface area (Å²) in [5.41, 5.74) is -3.76. The molecule has 0 bridgehead atoms. The molecular weight excluding hydrogens is 444 g/mol. The largest absolute Gasteiger partial charge is 0.493 e. The molecule has 0 aromatic rings. The molecule has 1 aliphatic heterocycles. The molecule has 3 fully saturated rings. The summed E-state index contributed by atoms with van der Waals surface area (Å²) in [7, 11) is 1.44. The van der Waals surface area contributed by atoms with Crippen LogP contribution in [0, 0.1) is 34.5 Å². The lowest BCUT2D eigenvalue weighted by molar-refractivity contribution is -0.315. The number of ketones is 1. The number of fused-ring (bicyclic) bond motifs is 2. The monoisotopic (exact) mass is 478 g/mol. The summed E-state index contributed by atoms with van der Waals surface area (Å²) in [5.74, 6) is -3.55. The highest BCUT2D eigenvalue weighted by molar-refractivity contribution is 6.00. The molecular formula is C25H34O9. The third-order valence-corrected chi connectivity index (χ3v) is 9.13. The number of carbonyl (C=O) groups is 4. The van der Waals surface area contributed by atoms with E-state index in [1.807, 2.05) is 20.8 Å². The second kappa shape index (κ2) is 7.80. The molecule has 0 spiro atoms. The second-order valence-corrected chi connectivity index (χ2v) is 11.0. The molecule has 0 amide bonds. The van der Waals surface area contributed by atoms with Gasteiger partial charge in [-0.25, -0.2) is 0 Å². The highest BCUT2D eigenvalue weighted by atomic mass is 16.6. The van der Waals surface area contributed by atoms with Gasteiger partial charge in [-0.15, -0.1) is 0 Å². The molecule has 34 heavy (non-hydrogen) atoms. The fourth-order valence-corrected chi connectivity index (χ4v) is 7.87. The van der Waals surface area contributed by atoms with Crippen LogP contribution in [0.5, 0.6) is 0 Å². The number of ether oxygens (including phenoxy) is 4. The van der Waals surface area contributed by atoms with Crippen molar-refractivity contribution >= 4 is 23.7 Å². The van der Waals surface area contributed by atoms with Crippen molar-refractivity contribution < 1.29 is 43.2 Å². The minimum atomic E-state index is -1.72. The zero-order chi connectivity index (χ0) is 25.4. The topological polar surface area (TPSA) is 125 Å². The average Bonchev–Trinajstić information content (AvgIpc) is 2.72. The first kappa shape index (κ1) is 24.7. The van der Waals surface area contributed by atoms with Crippen LogP contribution in [0.15, 0.2) is 11.8 Å². The highest BCUT2D eigenvalue weighted by Gasteiger charge is 2.77. The van der Waals surface area contributed by atoms with Crippen LogP contribution in [-0.2, 0) is 38.1 Å². The zero-order valence-electron chi connectivity index (χ0n) is 20.7. The van der Waals surface area contributed by atoms with Gasteiger partial charge in [-0.1, -0.05) is 20.8 Å². The molecule has 1 saturated heterocycles. The van der Waals surface area contributed by atoms with Gasteiger partial charge in [-0.05, 0) is 31.3 Å². The van der Waals surface area contributed by atoms with Gasteiger partial charge in [0.2, 0.25) is 5.78 Å². The van der Waals surface area contributed by atoms with Gasteiger partial charge in [0, 0.05) is 36.5 Å². The van der Waals surface area contributed by atoms with Crippen LogP contribution < -0.4 is 0 Å². The van der Waals surface area contributed by atoms with E-state index < -0.39 is 64.5 Å². The first-order chi connectivity index (χ1) is 15.7. The molecule has 4 rings (SSSR count). The van der Waals surface area contributed by atoms with E-state index in [-0.39, 0.29) is 29.8 Å². The van der Waals surface area contributed by atoms with Crippen LogP contribution in [0.2, 0.25) is 0 Å². The molecule has 0 aromatic carbocycles. The van der Waals surface area contributed by atoms with E-state index in [1.165, 1.54) is 27.9 Å². The van der Waals surface area contributed by atoms with Gasteiger partial charge in [0.25, 0.3) is 0 Å². The summed E-state index contributed by atoms with van der Waals surface area (Å²) in [4.78, 5) is 51.1. The highest BCUT2D eigenvalue weighted by Crippen LogP contribution is 2.69. The van der Waals surface area contributed by atoms with Gasteiger partial charge in [-0.2, -0.15) is 0 Å². The van der Waals surface area contributed by atoms with Gasteiger partial charge in [0.05, 0.1) is 13.5 Å². The third-order valence-electron chi connectivity index (χ3n) is 9.13. The van der Waals surface area contributed by atoms with E-state index >= 15 is 0 Å². The number of rotatable bonds is 3. The SMILES string of the molecule is COC1=CC(C)C2CC3OC(=O)CC4C(C)(O)C(OC(C)=O)C(OC(C)=O)C(C2(C)C1=O)C34C. The zero-order valence-corrected chi connectivity index (χ0v) is 20.7. The number of esters is 3. The molecule has 3 aliphatic carbocycles. The number of carbonyl (C=O) groups excluding carboxylic acids is 4. The van der Waals surface area contributed by atoms with Crippen molar-refractivity contribution in [3.05, 3.63) is 11.8 Å². The van der Waals surface area contributed by atoms with E-state index in [1.54, 1.807) is 6.08 Å². The summed E-state index contributed by atoms with van der Waals surface area (Å²) < 4.78 is 22.7. The Bertz CT molecular complexity index is 967. The van der Waals surface area contributed by atoms with Crippen LogP contribution >= 0.6 is 0 Å². The molecule has 0 radical (unpaired) electrons. The fraction of sp³-hybridized carbons (Fsp3) is 0.760. The smallest absolute Gasteiger partial charge is 0.306 e. The van der Waals surface area contributed by atoms with Crippen LogP contribution in [0.25, 0.3) is 0 Å². The standard InChI is InChI=1S/C25H34O9/c1-11-8-15(31-7)21(29)23(4)14(11)9-17-24(5)16(10-18(28)34-17)25(6,30)22(33-13(3)27)19(20(23)24)32-12(2)26/h8,11,14,16-17,19-20,22,30H,9-10H2,1-7H3. The van der Waals surface area contributed by atoms with Gasteiger partial charge in [0.15, 0.2) is 11.9 Å². The van der Waals surface area contributed by atoms with E-state index in [0.29, 0.717) is 6.42 Å². The van der Waals surface area contributed by atoms with E-state index in [2.05, 4.69) is 0 Å². The predicted molar refractivity (Wildman–Crippen MR) is 117 cm³/mol. The number of Topliss-reactive ketones (excluding diaryl/α,β-unsaturated/α-hetero) is 1. The van der Waals surface area contributed by atoms with Gasteiger partial charge in [-0.3, -0.25) is 19.2 Å². The second-order valence-electron chi connectivity index (χ2n) is 11.0. The summed E-state index contributed by atoms with van der Waals surface area (Å²) in [6.45, 7) is 9.64. The molecule has 188 valence electrons. The maximum Gasteiger partial charge on any atom is 0.306 e. The Balaban J connectivity index is 2.01. The Labute approximate surface area is 199 Å². The van der Waals surface area contributed by atoms with Crippen molar-refractivity contribution in [2.24, 2.45) is 34.5 Å². The fourth-order valence-electron chi connectivity index (χ4n) is 7.87. The molecule has 0 aromatic heterocycles. The van der Waals surface area contributed by atoms with Crippen molar-refractivity contribution in [2.45, 2.75) is 78.3 Å². The first-order valence-electron chi connectivity index (χ1n) is 11.8. The van der Waals surface area contributed by atoms with Crippen molar-refractivity contribution in [1.29, 1.82) is 0 Å². The van der Waals surface area contributed by atoms with Crippen molar-refractivity contribution in [2.75, 3.05) is 7.11 Å². The lowest BCUT2D eigenvalue weighted by Crippen LogP contribution is -2.78. The number of aliphatic hydroxyl groups is 1. The van der Waals surface area contributed by atoms with Crippen LogP contribution in [0.3, 0.4) is 0 Å². The maximum atomic E-state index is 13.9. The van der Waals surface area contributed by atoms with Crippen molar-refractivity contribution in [3.8, 4) is 0 Å². The van der Waals surface area contributed by atoms with Crippen LogP contribution in [-0.4, -0.2) is 59.8 Å². The molecule has 1 N–H and O–H groups in total. The molecule has 2 saturated carbocycles. The predicted octanol–water partition coefficient (Wildman–Crippen LogP) is 1.94. The van der Waals surface area contributed by atoms with E-state index in [0.717, 1.165) is 0 Å². The minimum absolute atomic E-state index is 0.103. The lowest BCUT2D eigenvalue weighted by Gasteiger charge is -2.69.